The maximum Gasteiger partial charge on any atom is 0.251 e. The summed E-state index contributed by atoms with van der Waals surface area (Å²) in [5, 5.41) is 0. The molecule has 1 fully saturated rings. The van der Waals surface area contributed by atoms with Crippen molar-refractivity contribution in [1.29, 1.82) is 0 Å². The minimum Gasteiger partial charge on any atom is -0.368 e. The molecule has 0 bridgehead atoms. The lowest BCUT2D eigenvalue weighted by Gasteiger charge is -2.28. The van der Waals surface area contributed by atoms with Crippen LogP contribution < -0.4 is 0 Å². The number of amides is 1. The first kappa shape index (κ1) is 14.0. The van der Waals surface area contributed by atoms with Gasteiger partial charge in [0.1, 0.15) is 6.10 Å². The number of ether oxygens (including phenoxy) is 1. The molecule has 2 rings (SSSR count). The van der Waals surface area contributed by atoms with Crippen molar-refractivity contribution in [2.75, 3.05) is 13.7 Å². The molecule has 0 unspecified atom stereocenters. The van der Waals surface area contributed by atoms with Gasteiger partial charge < -0.3 is 9.64 Å². The van der Waals surface area contributed by atoms with Crippen LogP contribution in [0.2, 0.25) is 0 Å². The van der Waals surface area contributed by atoms with Crippen LogP contribution in [-0.4, -0.2) is 35.5 Å². The zero-order valence-electron chi connectivity index (χ0n) is 11.9. The number of likely N-dealkylation sites (N-methyl/N-ethyl adjacent to an activating group) is 1. The Labute approximate surface area is 114 Å². The minimum atomic E-state index is -0.366. The molecule has 1 aromatic rings. The average molecular weight is 262 g/mol. The van der Waals surface area contributed by atoms with Gasteiger partial charge in [0.15, 0.2) is 0 Å². The van der Waals surface area contributed by atoms with Crippen LogP contribution in [0.15, 0.2) is 24.5 Å². The Kier molecular flexibility index (Phi) is 4.53. The Morgan fingerprint density at radius 3 is 2.63 bits per heavy atom. The highest BCUT2D eigenvalue weighted by Crippen LogP contribution is 2.29. The zero-order valence-corrected chi connectivity index (χ0v) is 11.9. The van der Waals surface area contributed by atoms with Crippen molar-refractivity contribution in [2.45, 2.75) is 38.8 Å². The van der Waals surface area contributed by atoms with Crippen molar-refractivity contribution in [1.82, 2.24) is 9.88 Å². The lowest BCUT2D eigenvalue weighted by atomic mass is 10.1. The summed E-state index contributed by atoms with van der Waals surface area (Å²) in [4.78, 5) is 18.0. The predicted molar refractivity (Wildman–Crippen MR) is 73.6 cm³/mol. The van der Waals surface area contributed by atoms with E-state index in [4.69, 9.17) is 4.74 Å². The molecule has 4 heteroatoms. The van der Waals surface area contributed by atoms with E-state index in [2.05, 4.69) is 4.98 Å². The summed E-state index contributed by atoms with van der Waals surface area (Å²) in [5.41, 5.74) is 1.08. The second-order valence-corrected chi connectivity index (χ2v) is 5.32. The summed E-state index contributed by atoms with van der Waals surface area (Å²) >= 11 is 0. The summed E-state index contributed by atoms with van der Waals surface area (Å²) in [6.07, 6.45) is 5.61. The third-order valence-electron chi connectivity index (χ3n) is 3.74. The van der Waals surface area contributed by atoms with Crippen molar-refractivity contribution in [3.8, 4) is 0 Å². The molecule has 1 heterocycles. The van der Waals surface area contributed by atoms with Crippen molar-refractivity contribution in [2.24, 2.45) is 5.92 Å². The van der Waals surface area contributed by atoms with Crippen LogP contribution in [0.5, 0.6) is 0 Å². The zero-order chi connectivity index (χ0) is 13.8. The number of rotatable bonds is 6. The number of hydrogen-bond acceptors (Lipinski definition) is 3. The first-order valence-corrected chi connectivity index (χ1v) is 6.87. The summed E-state index contributed by atoms with van der Waals surface area (Å²) in [7, 11) is 1.82. The largest absolute Gasteiger partial charge is 0.368 e. The van der Waals surface area contributed by atoms with Gasteiger partial charge in [-0.2, -0.15) is 0 Å². The fraction of sp³-hybridized carbons (Fsp3) is 0.600. The molecule has 0 N–H and O–H groups in total. The van der Waals surface area contributed by atoms with Crippen LogP contribution >= 0.6 is 0 Å². The average Bonchev–Trinajstić information content (AvgIpc) is 3.27. The van der Waals surface area contributed by atoms with Crippen LogP contribution in [0.3, 0.4) is 0 Å². The molecule has 1 saturated carbocycles. The third-order valence-corrected chi connectivity index (χ3v) is 3.74. The molecular formula is C15H22N2O2. The molecule has 104 valence electrons. The van der Waals surface area contributed by atoms with E-state index in [1.165, 1.54) is 12.8 Å². The molecule has 19 heavy (non-hydrogen) atoms. The summed E-state index contributed by atoms with van der Waals surface area (Å²) in [6.45, 7) is 4.56. The van der Waals surface area contributed by atoms with Gasteiger partial charge in [-0.25, -0.2) is 0 Å². The first-order valence-electron chi connectivity index (χ1n) is 6.87. The highest BCUT2D eigenvalue weighted by molar-refractivity contribution is 5.80. The van der Waals surface area contributed by atoms with E-state index in [1.54, 1.807) is 17.3 Å². The lowest BCUT2D eigenvalue weighted by molar-refractivity contribution is -0.143. The van der Waals surface area contributed by atoms with Crippen LogP contribution in [0.25, 0.3) is 0 Å². The van der Waals surface area contributed by atoms with Crippen molar-refractivity contribution < 1.29 is 9.53 Å². The molecule has 0 saturated heterocycles. The molecule has 1 amide bonds. The highest BCUT2D eigenvalue weighted by Gasteiger charge is 2.26. The van der Waals surface area contributed by atoms with E-state index < -0.39 is 0 Å². The Morgan fingerprint density at radius 1 is 1.42 bits per heavy atom. The number of hydrogen-bond donors (Lipinski definition) is 0. The Morgan fingerprint density at radius 2 is 2.05 bits per heavy atom. The van der Waals surface area contributed by atoms with Gasteiger partial charge in [-0.3, -0.25) is 9.78 Å². The topological polar surface area (TPSA) is 42.4 Å². The fourth-order valence-electron chi connectivity index (χ4n) is 1.98. The van der Waals surface area contributed by atoms with Crippen LogP contribution in [0.1, 0.15) is 38.3 Å². The van der Waals surface area contributed by atoms with Crippen molar-refractivity contribution in [3.05, 3.63) is 30.1 Å². The van der Waals surface area contributed by atoms with E-state index >= 15 is 0 Å². The second kappa shape index (κ2) is 6.15. The molecular weight excluding hydrogens is 240 g/mol. The quantitative estimate of drug-likeness (QED) is 0.790. The van der Waals surface area contributed by atoms with Gasteiger partial charge >= 0.3 is 0 Å². The minimum absolute atomic E-state index is 0.0301. The van der Waals surface area contributed by atoms with E-state index in [0.29, 0.717) is 12.5 Å². The molecule has 2 atom stereocenters. The van der Waals surface area contributed by atoms with Gasteiger partial charge in [-0.1, -0.05) is 0 Å². The lowest BCUT2D eigenvalue weighted by Crippen LogP contribution is -2.38. The summed E-state index contributed by atoms with van der Waals surface area (Å²) < 4.78 is 5.63. The standard InChI is InChI=1S/C15H22N2O2/c1-11(14-6-8-16-9-7-14)17(3)15(18)12(2)19-10-13-4-5-13/h6-9,11-13H,4-5,10H2,1-3H3/t11-,12-/m1/s1. The molecule has 1 aromatic heterocycles. The molecule has 1 aliphatic rings. The van der Waals surface area contributed by atoms with Gasteiger partial charge in [0, 0.05) is 19.4 Å². The van der Waals surface area contributed by atoms with Gasteiger partial charge in [0.05, 0.1) is 12.6 Å². The molecule has 4 nitrogen and oxygen atoms in total. The number of nitrogens with zero attached hydrogens (tertiary/aromatic N) is 2. The predicted octanol–water partition coefficient (Wildman–Crippen LogP) is 2.42. The van der Waals surface area contributed by atoms with Crippen LogP contribution in [0.4, 0.5) is 0 Å². The highest BCUT2D eigenvalue weighted by atomic mass is 16.5. The molecule has 0 aliphatic heterocycles. The maximum absolute atomic E-state index is 12.3. The van der Waals surface area contributed by atoms with E-state index in [0.717, 1.165) is 5.56 Å². The van der Waals surface area contributed by atoms with Crippen LogP contribution in [-0.2, 0) is 9.53 Å². The Balaban J connectivity index is 1.89. The molecule has 1 aliphatic carbocycles. The van der Waals surface area contributed by atoms with Gasteiger partial charge in [0.25, 0.3) is 5.91 Å². The fourth-order valence-corrected chi connectivity index (χ4v) is 1.98. The normalized spacial score (nSPS) is 17.8. The van der Waals surface area contributed by atoms with Crippen molar-refractivity contribution in [3.63, 3.8) is 0 Å². The molecule has 0 aromatic carbocycles. The van der Waals surface area contributed by atoms with Gasteiger partial charge in [0.2, 0.25) is 0 Å². The maximum atomic E-state index is 12.3. The number of carbonyl (C=O) groups is 1. The van der Waals surface area contributed by atoms with E-state index in [1.807, 2.05) is 33.0 Å². The smallest absolute Gasteiger partial charge is 0.251 e. The second-order valence-electron chi connectivity index (χ2n) is 5.32. The van der Waals surface area contributed by atoms with Crippen molar-refractivity contribution >= 4 is 5.91 Å². The first-order chi connectivity index (χ1) is 9.09. The monoisotopic (exact) mass is 262 g/mol. The number of carbonyl (C=O) groups excluding carboxylic acids is 1. The Hall–Kier alpha value is -1.42. The third kappa shape index (κ3) is 3.77. The molecule has 0 spiro atoms. The number of aromatic nitrogens is 1. The van der Waals surface area contributed by atoms with Gasteiger partial charge in [-0.05, 0) is 50.3 Å². The Bertz CT molecular complexity index is 417. The summed E-state index contributed by atoms with van der Waals surface area (Å²) in [6, 6.07) is 3.90. The van der Waals surface area contributed by atoms with Gasteiger partial charge in [-0.15, -0.1) is 0 Å². The molecule has 0 radical (unpaired) electrons. The SMILES string of the molecule is C[C@H](c1ccncc1)N(C)C(=O)[C@@H](C)OCC1CC1. The number of pyridine rings is 1. The van der Waals surface area contributed by atoms with E-state index in [-0.39, 0.29) is 18.1 Å². The summed E-state index contributed by atoms with van der Waals surface area (Å²) in [5.74, 6) is 0.711. The van der Waals surface area contributed by atoms with Crippen LogP contribution in [0, 0.1) is 5.92 Å². The van der Waals surface area contributed by atoms with E-state index in [9.17, 15) is 4.79 Å².